The zero-order valence-electron chi connectivity index (χ0n) is 9.60. The van der Waals surface area contributed by atoms with Crippen LogP contribution in [0.1, 0.15) is 27.7 Å². The Morgan fingerprint density at radius 2 is 1.14 bits per heavy atom. The van der Waals surface area contributed by atoms with Crippen LogP contribution in [0.25, 0.3) is 0 Å². The summed E-state index contributed by atoms with van der Waals surface area (Å²) < 4.78 is 11.5. The van der Waals surface area contributed by atoms with Crippen LogP contribution in [0.2, 0.25) is 6.55 Å². The van der Waals surface area contributed by atoms with E-state index in [-0.39, 0.29) is 22.7 Å². The Labute approximate surface area is 100 Å². The monoisotopic (exact) mass is 254 g/mol. The lowest BCUT2D eigenvalue weighted by molar-refractivity contribution is 0.120. The van der Waals surface area contributed by atoms with Crippen LogP contribution in [0, 0.1) is 0 Å². The molecule has 4 atom stereocenters. The molecule has 0 saturated carbocycles. The van der Waals surface area contributed by atoms with Crippen LogP contribution >= 0.6 is 25.3 Å². The number of rotatable bonds is 6. The lowest BCUT2D eigenvalue weighted by Gasteiger charge is -2.25. The van der Waals surface area contributed by atoms with Crippen molar-refractivity contribution in [2.45, 2.75) is 56.9 Å². The highest BCUT2D eigenvalue weighted by Crippen LogP contribution is 2.11. The molecule has 0 saturated heterocycles. The van der Waals surface area contributed by atoms with Gasteiger partial charge in [-0.15, -0.1) is 0 Å². The summed E-state index contributed by atoms with van der Waals surface area (Å²) in [5.74, 6) is 0. The molecule has 5 heteroatoms. The average molecular weight is 254 g/mol. The lowest BCUT2D eigenvalue weighted by Crippen LogP contribution is -2.34. The second-order valence-electron chi connectivity index (χ2n) is 3.73. The molecule has 0 N–H and O–H groups in total. The largest absolute Gasteiger partial charge is 0.393 e. The van der Waals surface area contributed by atoms with Gasteiger partial charge in [0.25, 0.3) is 0 Å². The first-order chi connectivity index (χ1) is 6.34. The topological polar surface area (TPSA) is 18.5 Å². The van der Waals surface area contributed by atoms with Crippen molar-refractivity contribution in [1.29, 1.82) is 0 Å². The Hall–Kier alpha value is 0.837. The van der Waals surface area contributed by atoms with Gasteiger partial charge in [0.1, 0.15) is 0 Å². The molecule has 2 nitrogen and oxygen atoms in total. The summed E-state index contributed by atoms with van der Waals surface area (Å²) in [6.07, 6.45) is 0.310. The third kappa shape index (κ3) is 6.34. The summed E-state index contributed by atoms with van der Waals surface area (Å²) in [6, 6.07) is 0. The van der Waals surface area contributed by atoms with E-state index in [1.54, 1.807) is 0 Å². The second kappa shape index (κ2) is 7.17. The normalized spacial score (nSPS) is 22.5. The van der Waals surface area contributed by atoms with Gasteiger partial charge in [-0.25, -0.2) is 0 Å². The third-order valence-corrected chi connectivity index (χ3v) is 4.64. The number of hydrogen-bond donors (Lipinski definition) is 2. The van der Waals surface area contributed by atoms with Crippen molar-refractivity contribution in [3.05, 3.63) is 0 Å². The van der Waals surface area contributed by atoms with Gasteiger partial charge in [-0.05, 0) is 20.4 Å². The Bertz CT molecular complexity index is 140. The molecular weight excluding hydrogens is 232 g/mol. The van der Waals surface area contributed by atoms with Gasteiger partial charge in [-0.3, -0.25) is 0 Å². The summed E-state index contributed by atoms with van der Waals surface area (Å²) in [5, 5.41) is 0.495. The maximum atomic E-state index is 5.74. The van der Waals surface area contributed by atoms with E-state index in [1.807, 2.05) is 34.2 Å². The van der Waals surface area contributed by atoms with Crippen molar-refractivity contribution in [3.8, 4) is 0 Å². The predicted octanol–water partition coefficient (Wildman–Crippen LogP) is 2.28. The minimum atomic E-state index is -1.53. The predicted molar refractivity (Wildman–Crippen MR) is 71.0 cm³/mol. The quantitative estimate of drug-likeness (QED) is 0.560. The average Bonchev–Trinajstić information content (AvgIpc) is 2.03. The fraction of sp³-hybridized carbons (Fsp3) is 1.00. The van der Waals surface area contributed by atoms with Crippen LogP contribution < -0.4 is 0 Å². The minimum Gasteiger partial charge on any atom is -0.393 e. The summed E-state index contributed by atoms with van der Waals surface area (Å²) in [7, 11) is -1.53. The molecular formula is C9H22O2S2Si. The van der Waals surface area contributed by atoms with E-state index in [2.05, 4.69) is 25.3 Å². The zero-order chi connectivity index (χ0) is 11.3. The molecule has 0 aromatic carbocycles. The fourth-order valence-electron chi connectivity index (χ4n) is 0.864. The van der Waals surface area contributed by atoms with Gasteiger partial charge in [0.2, 0.25) is 0 Å². The maximum absolute atomic E-state index is 5.74. The van der Waals surface area contributed by atoms with Crippen molar-refractivity contribution >= 4 is 34.5 Å². The highest BCUT2D eigenvalue weighted by atomic mass is 32.1. The van der Waals surface area contributed by atoms with E-state index in [0.717, 1.165) is 0 Å². The molecule has 0 spiro atoms. The molecule has 0 aliphatic carbocycles. The molecule has 0 fully saturated rings. The van der Waals surface area contributed by atoms with E-state index >= 15 is 0 Å². The molecule has 0 aliphatic rings. The first-order valence-electron chi connectivity index (χ1n) is 5.01. The Balaban J connectivity index is 3.80. The molecule has 0 heterocycles. The molecule has 0 bridgehead atoms. The van der Waals surface area contributed by atoms with Gasteiger partial charge in [0, 0.05) is 10.5 Å². The Morgan fingerprint density at radius 1 is 0.857 bits per heavy atom. The first-order valence-corrected chi connectivity index (χ1v) is 8.14. The molecule has 0 aromatic heterocycles. The number of hydrogen-bond acceptors (Lipinski definition) is 4. The maximum Gasteiger partial charge on any atom is 0.318 e. The summed E-state index contributed by atoms with van der Waals surface area (Å²) >= 11 is 8.65. The Kier molecular flexibility index (Phi) is 7.60. The van der Waals surface area contributed by atoms with Crippen molar-refractivity contribution in [3.63, 3.8) is 0 Å². The molecule has 0 amide bonds. The molecule has 0 aromatic rings. The second-order valence-corrected chi connectivity index (χ2v) is 7.04. The van der Waals surface area contributed by atoms with Crippen molar-refractivity contribution in [2.24, 2.45) is 0 Å². The zero-order valence-corrected chi connectivity index (χ0v) is 12.5. The van der Waals surface area contributed by atoms with Crippen LogP contribution in [-0.2, 0) is 8.85 Å². The van der Waals surface area contributed by atoms with Crippen LogP contribution in [0.5, 0.6) is 0 Å². The third-order valence-electron chi connectivity index (χ3n) is 2.17. The van der Waals surface area contributed by atoms with Gasteiger partial charge in [-0.2, -0.15) is 25.3 Å². The van der Waals surface area contributed by atoms with Crippen molar-refractivity contribution < 1.29 is 8.85 Å². The van der Waals surface area contributed by atoms with Crippen molar-refractivity contribution in [2.75, 3.05) is 0 Å². The van der Waals surface area contributed by atoms with Gasteiger partial charge in [-0.1, -0.05) is 13.8 Å². The summed E-state index contributed by atoms with van der Waals surface area (Å²) in [5.41, 5.74) is 0. The van der Waals surface area contributed by atoms with Crippen molar-refractivity contribution in [1.82, 2.24) is 0 Å². The van der Waals surface area contributed by atoms with Crippen LogP contribution in [0.3, 0.4) is 0 Å². The SMILES string of the molecule is CC(S)C(C)O[SiH](C)OC(C)C(C)S. The number of thiol groups is 2. The smallest absolute Gasteiger partial charge is 0.318 e. The highest BCUT2D eigenvalue weighted by molar-refractivity contribution is 7.81. The molecule has 0 rings (SSSR count). The standard InChI is InChI=1S/C9H22O2S2Si/c1-6(8(3)12)10-14(5)11-7(2)9(4)13/h6-9,12-14H,1-5H3. The molecule has 0 radical (unpaired) electrons. The van der Waals surface area contributed by atoms with Crippen LogP contribution in [-0.4, -0.2) is 32.0 Å². The molecule has 4 unspecified atom stereocenters. The lowest BCUT2D eigenvalue weighted by atomic mass is 10.3. The summed E-state index contributed by atoms with van der Waals surface area (Å²) in [4.78, 5) is 0. The van der Waals surface area contributed by atoms with Gasteiger partial charge >= 0.3 is 9.28 Å². The fourth-order valence-corrected chi connectivity index (χ4v) is 3.01. The van der Waals surface area contributed by atoms with E-state index in [4.69, 9.17) is 8.85 Å². The van der Waals surface area contributed by atoms with Gasteiger partial charge in [0.05, 0.1) is 12.2 Å². The van der Waals surface area contributed by atoms with E-state index in [0.29, 0.717) is 0 Å². The minimum absolute atomic E-state index is 0.155. The first kappa shape index (κ1) is 14.8. The van der Waals surface area contributed by atoms with E-state index in [1.165, 1.54) is 0 Å². The Morgan fingerprint density at radius 3 is 1.36 bits per heavy atom. The molecule has 14 heavy (non-hydrogen) atoms. The molecule has 86 valence electrons. The van der Waals surface area contributed by atoms with Crippen LogP contribution in [0.15, 0.2) is 0 Å². The van der Waals surface area contributed by atoms with Gasteiger partial charge < -0.3 is 8.85 Å². The van der Waals surface area contributed by atoms with E-state index < -0.39 is 9.28 Å². The van der Waals surface area contributed by atoms with Gasteiger partial charge in [0.15, 0.2) is 0 Å². The summed E-state index contributed by atoms with van der Waals surface area (Å²) in [6.45, 7) is 10.1. The van der Waals surface area contributed by atoms with E-state index in [9.17, 15) is 0 Å². The highest BCUT2D eigenvalue weighted by Gasteiger charge is 2.18. The van der Waals surface area contributed by atoms with Crippen LogP contribution in [0.4, 0.5) is 0 Å². The molecule has 0 aliphatic heterocycles.